The molecule has 2 N–H and O–H groups in total. The van der Waals surface area contributed by atoms with Crippen molar-refractivity contribution >= 4 is 22.6 Å². The number of aromatic nitrogens is 3. The van der Waals surface area contributed by atoms with Crippen molar-refractivity contribution < 1.29 is 9.53 Å². The van der Waals surface area contributed by atoms with Crippen LogP contribution in [0.25, 0.3) is 10.9 Å². The normalized spacial score (nSPS) is 16.8. The van der Waals surface area contributed by atoms with Crippen LogP contribution >= 0.6 is 0 Å². The van der Waals surface area contributed by atoms with Crippen molar-refractivity contribution in [2.24, 2.45) is 0 Å². The molecule has 0 radical (unpaired) electrons. The largest absolute Gasteiger partial charge is 0.497 e. The number of fused-ring (bicyclic) bond motifs is 1. The molecule has 1 fully saturated rings. The van der Waals surface area contributed by atoms with Crippen molar-refractivity contribution in [1.29, 1.82) is 0 Å². The molecular weight excluding hydrogens is 330 g/mol. The number of H-pyrrole nitrogens is 1. The number of hydrogen-bond donors (Lipinski definition) is 2. The predicted molar refractivity (Wildman–Crippen MR) is 99.4 cm³/mol. The van der Waals surface area contributed by atoms with Crippen molar-refractivity contribution in [3.8, 4) is 5.75 Å². The van der Waals surface area contributed by atoms with Crippen molar-refractivity contribution in [3.05, 3.63) is 48.0 Å². The second-order valence-electron chi connectivity index (χ2n) is 6.35. The fourth-order valence-electron chi connectivity index (χ4n) is 3.54. The van der Waals surface area contributed by atoms with Gasteiger partial charge in [-0.3, -0.25) is 9.78 Å². The first kappa shape index (κ1) is 16.4. The number of carbonyl (C=O) groups is 1. The Morgan fingerprint density at radius 1 is 1.38 bits per heavy atom. The van der Waals surface area contributed by atoms with Crippen molar-refractivity contribution in [3.63, 3.8) is 0 Å². The molecule has 3 heterocycles. The number of carbonyl (C=O) groups excluding carboxylic acids is 1. The van der Waals surface area contributed by atoms with Gasteiger partial charge in [-0.2, -0.15) is 0 Å². The topological polar surface area (TPSA) is 83.1 Å². The molecule has 4 rings (SSSR count). The second-order valence-corrected chi connectivity index (χ2v) is 6.35. The number of ether oxygens (including phenoxy) is 1. The number of rotatable bonds is 4. The summed E-state index contributed by atoms with van der Waals surface area (Å²) in [6.45, 7) is 0.714. The fraction of sp³-hybridized carbons (Fsp3) is 0.316. The molecule has 1 saturated heterocycles. The Morgan fingerprint density at radius 2 is 2.27 bits per heavy atom. The van der Waals surface area contributed by atoms with Crippen LogP contribution in [0.2, 0.25) is 0 Å². The third-order valence-electron chi connectivity index (χ3n) is 4.88. The Labute approximate surface area is 151 Å². The van der Waals surface area contributed by atoms with Gasteiger partial charge in [0.25, 0.3) is 5.91 Å². The van der Waals surface area contributed by atoms with Crippen LogP contribution in [0.1, 0.15) is 34.9 Å². The van der Waals surface area contributed by atoms with Gasteiger partial charge in [0.15, 0.2) is 0 Å². The van der Waals surface area contributed by atoms with Crippen LogP contribution in [-0.4, -0.2) is 46.5 Å². The lowest BCUT2D eigenvalue weighted by Crippen LogP contribution is -2.31. The zero-order valence-corrected chi connectivity index (χ0v) is 14.8. The maximum absolute atomic E-state index is 13.3. The number of methoxy groups -OCH3 is 1. The Morgan fingerprint density at radius 3 is 3.08 bits per heavy atom. The molecular formula is C19H21N5O2. The van der Waals surface area contributed by atoms with Crippen molar-refractivity contribution in [2.45, 2.75) is 18.9 Å². The van der Waals surface area contributed by atoms with E-state index in [1.54, 1.807) is 25.7 Å². The molecule has 7 heteroatoms. The number of benzene rings is 1. The molecule has 0 saturated carbocycles. The molecule has 26 heavy (non-hydrogen) atoms. The summed E-state index contributed by atoms with van der Waals surface area (Å²) in [4.78, 5) is 27.2. The Bertz CT molecular complexity index is 952. The molecule has 1 aliphatic rings. The number of hydrogen-bond acceptors (Lipinski definition) is 5. The molecule has 2 aromatic heterocycles. The average Bonchev–Trinajstić information content (AvgIpc) is 3.34. The van der Waals surface area contributed by atoms with Gasteiger partial charge in [-0.15, -0.1) is 0 Å². The first-order valence-electron chi connectivity index (χ1n) is 8.67. The fourth-order valence-corrected chi connectivity index (χ4v) is 3.54. The Hall–Kier alpha value is -3.09. The molecule has 1 aliphatic heterocycles. The highest BCUT2D eigenvalue weighted by molar-refractivity contribution is 6.07. The van der Waals surface area contributed by atoms with Gasteiger partial charge >= 0.3 is 0 Å². The van der Waals surface area contributed by atoms with E-state index in [2.05, 4.69) is 20.3 Å². The highest BCUT2D eigenvalue weighted by Gasteiger charge is 2.33. The summed E-state index contributed by atoms with van der Waals surface area (Å²) in [6.07, 6.45) is 7.04. The van der Waals surface area contributed by atoms with E-state index in [0.717, 1.165) is 35.2 Å². The van der Waals surface area contributed by atoms with Crippen LogP contribution in [0.5, 0.6) is 5.75 Å². The summed E-state index contributed by atoms with van der Waals surface area (Å²) in [5, 5.41) is 3.87. The lowest BCUT2D eigenvalue weighted by molar-refractivity contribution is 0.0735. The quantitative estimate of drug-likeness (QED) is 0.755. The van der Waals surface area contributed by atoms with E-state index in [4.69, 9.17) is 4.74 Å². The molecule has 7 nitrogen and oxygen atoms in total. The summed E-state index contributed by atoms with van der Waals surface area (Å²) in [7, 11) is 3.43. The number of anilines is 1. The SMILES string of the molecule is CNc1cncc(C2CCCN2C(=O)c2c[nH]c3ccc(OC)cc23)n1. The summed E-state index contributed by atoms with van der Waals surface area (Å²) >= 11 is 0. The van der Waals surface area contributed by atoms with Crippen LogP contribution < -0.4 is 10.1 Å². The monoisotopic (exact) mass is 351 g/mol. The van der Waals surface area contributed by atoms with E-state index in [9.17, 15) is 4.79 Å². The molecule has 3 aromatic rings. The number of nitrogens with zero attached hydrogens (tertiary/aromatic N) is 3. The van der Waals surface area contributed by atoms with Crippen molar-refractivity contribution in [1.82, 2.24) is 19.9 Å². The maximum atomic E-state index is 13.3. The van der Waals surface area contributed by atoms with Crippen LogP contribution in [-0.2, 0) is 0 Å². The highest BCUT2D eigenvalue weighted by Crippen LogP contribution is 2.34. The van der Waals surface area contributed by atoms with Crippen molar-refractivity contribution in [2.75, 3.05) is 26.0 Å². The summed E-state index contributed by atoms with van der Waals surface area (Å²) in [5.41, 5.74) is 2.39. The van der Waals surface area contributed by atoms with Crippen LogP contribution in [0.4, 0.5) is 5.82 Å². The zero-order valence-electron chi connectivity index (χ0n) is 14.8. The lowest BCUT2D eigenvalue weighted by atomic mass is 10.1. The molecule has 134 valence electrons. The molecule has 0 bridgehead atoms. The first-order valence-corrected chi connectivity index (χ1v) is 8.67. The van der Waals surface area contributed by atoms with Gasteiger partial charge in [-0.05, 0) is 31.0 Å². The molecule has 0 spiro atoms. The Balaban J connectivity index is 1.69. The lowest BCUT2D eigenvalue weighted by Gasteiger charge is -2.24. The summed E-state index contributed by atoms with van der Waals surface area (Å²) < 4.78 is 5.30. The van der Waals surface area contributed by atoms with Gasteiger partial charge in [0, 0.05) is 30.7 Å². The molecule has 1 amide bonds. The second kappa shape index (κ2) is 6.67. The van der Waals surface area contributed by atoms with Gasteiger partial charge in [-0.1, -0.05) is 0 Å². The summed E-state index contributed by atoms with van der Waals surface area (Å²) in [5.74, 6) is 1.44. The van der Waals surface area contributed by atoms with Crippen LogP contribution in [0.15, 0.2) is 36.8 Å². The van der Waals surface area contributed by atoms with E-state index in [0.29, 0.717) is 17.9 Å². The van der Waals surface area contributed by atoms with Crippen LogP contribution in [0, 0.1) is 0 Å². The highest BCUT2D eigenvalue weighted by atomic mass is 16.5. The molecule has 1 aromatic carbocycles. The maximum Gasteiger partial charge on any atom is 0.256 e. The Kier molecular flexibility index (Phi) is 4.20. The van der Waals surface area contributed by atoms with E-state index >= 15 is 0 Å². The smallest absolute Gasteiger partial charge is 0.256 e. The minimum absolute atomic E-state index is 0.00339. The molecule has 1 unspecified atom stereocenters. The van der Waals surface area contributed by atoms with Crippen LogP contribution in [0.3, 0.4) is 0 Å². The number of aromatic amines is 1. The minimum atomic E-state index is -0.0566. The van der Waals surface area contributed by atoms with Gasteiger partial charge < -0.3 is 19.9 Å². The molecule has 1 atom stereocenters. The van der Waals surface area contributed by atoms with E-state index in [-0.39, 0.29) is 11.9 Å². The van der Waals surface area contributed by atoms with E-state index in [1.807, 2.05) is 30.1 Å². The van der Waals surface area contributed by atoms with Gasteiger partial charge in [-0.25, -0.2) is 4.98 Å². The zero-order chi connectivity index (χ0) is 18.1. The van der Waals surface area contributed by atoms with E-state index < -0.39 is 0 Å². The van der Waals surface area contributed by atoms with Gasteiger partial charge in [0.2, 0.25) is 0 Å². The summed E-state index contributed by atoms with van der Waals surface area (Å²) in [6, 6.07) is 5.64. The minimum Gasteiger partial charge on any atom is -0.497 e. The average molecular weight is 351 g/mol. The third kappa shape index (κ3) is 2.75. The third-order valence-corrected chi connectivity index (χ3v) is 4.88. The molecule has 0 aliphatic carbocycles. The number of likely N-dealkylation sites (tertiary alicyclic amines) is 1. The van der Waals surface area contributed by atoms with Gasteiger partial charge in [0.05, 0.1) is 36.8 Å². The number of nitrogens with one attached hydrogen (secondary N) is 2. The van der Waals surface area contributed by atoms with Gasteiger partial charge in [0.1, 0.15) is 11.6 Å². The standard InChI is InChI=1S/C19H21N5O2/c1-20-18-11-21-10-16(23-18)17-4-3-7-24(17)19(25)14-9-22-15-6-5-12(26-2)8-13(14)15/h5-6,8-11,17,22H,3-4,7H2,1-2H3,(H,20,23). The number of amides is 1. The first-order chi connectivity index (χ1) is 12.7. The predicted octanol–water partition coefficient (Wildman–Crippen LogP) is 2.99. The van der Waals surface area contributed by atoms with E-state index in [1.165, 1.54) is 0 Å².